The molecular formula is C22H25N3O2. The van der Waals surface area contributed by atoms with Gasteiger partial charge in [0.2, 0.25) is 0 Å². The van der Waals surface area contributed by atoms with Gasteiger partial charge in [-0.05, 0) is 42.5 Å². The van der Waals surface area contributed by atoms with Crippen LogP contribution in [0.15, 0.2) is 48.5 Å². The monoisotopic (exact) mass is 363 g/mol. The molecule has 0 N–H and O–H groups in total. The Morgan fingerprint density at radius 1 is 0.926 bits per heavy atom. The third kappa shape index (κ3) is 4.25. The second kappa shape index (κ2) is 8.62. The Morgan fingerprint density at radius 3 is 2.07 bits per heavy atom. The van der Waals surface area contributed by atoms with Crippen LogP contribution in [0.1, 0.15) is 48.7 Å². The number of hydrogen-bond acceptors (Lipinski definition) is 4. The fourth-order valence-electron chi connectivity index (χ4n) is 2.77. The molecule has 0 fully saturated rings. The molecule has 27 heavy (non-hydrogen) atoms. The van der Waals surface area contributed by atoms with Gasteiger partial charge in [-0.3, -0.25) is 4.79 Å². The molecule has 140 valence electrons. The van der Waals surface area contributed by atoms with E-state index in [-0.39, 0.29) is 11.9 Å². The topological polar surface area (TPSA) is 57.0 Å². The van der Waals surface area contributed by atoms with Crippen molar-refractivity contribution >= 4 is 5.91 Å². The minimum absolute atomic E-state index is 0.217. The van der Waals surface area contributed by atoms with Crippen LogP contribution in [0.4, 0.5) is 0 Å². The van der Waals surface area contributed by atoms with E-state index >= 15 is 0 Å². The zero-order valence-electron chi connectivity index (χ0n) is 16.1. The van der Waals surface area contributed by atoms with E-state index in [1.165, 1.54) is 15.8 Å². The van der Waals surface area contributed by atoms with Crippen molar-refractivity contribution in [1.29, 1.82) is 0 Å². The molecular weight excluding hydrogens is 338 g/mol. The standard InChI is InChI=1S/C22H25N3O2/c1-4-15-27-22-23-20(18-11-7-16(5-2)8-12-18)25(24-22)21(26)19-13-9-17(6-3)10-14-19/h7-14H,4-6,15H2,1-3H3. The van der Waals surface area contributed by atoms with Crippen molar-refractivity contribution in [2.75, 3.05) is 6.61 Å². The summed E-state index contributed by atoms with van der Waals surface area (Å²) in [6.45, 7) is 6.72. The van der Waals surface area contributed by atoms with Gasteiger partial charge in [0.05, 0.1) is 6.61 Å². The van der Waals surface area contributed by atoms with Crippen LogP contribution in [0, 0.1) is 0 Å². The summed E-state index contributed by atoms with van der Waals surface area (Å²) in [4.78, 5) is 17.5. The predicted octanol–water partition coefficient (Wildman–Crippen LogP) is 4.55. The van der Waals surface area contributed by atoms with Crippen LogP contribution in [-0.2, 0) is 12.8 Å². The first-order chi connectivity index (χ1) is 13.2. The molecule has 5 nitrogen and oxygen atoms in total. The minimum atomic E-state index is -0.217. The van der Waals surface area contributed by atoms with Crippen molar-refractivity contribution in [2.45, 2.75) is 40.0 Å². The molecule has 0 amide bonds. The lowest BCUT2D eigenvalue weighted by Gasteiger charge is -2.06. The molecule has 0 aliphatic heterocycles. The number of nitrogens with zero attached hydrogens (tertiary/aromatic N) is 3. The van der Waals surface area contributed by atoms with E-state index in [1.54, 1.807) is 0 Å². The highest BCUT2D eigenvalue weighted by Crippen LogP contribution is 2.22. The van der Waals surface area contributed by atoms with E-state index in [0.717, 1.165) is 24.8 Å². The summed E-state index contributed by atoms with van der Waals surface area (Å²) in [6, 6.07) is 15.8. The normalized spacial score (nSPS) is 10.8. The lowest BCUT2D eigenvalue weighted by atomic mass is 10.1. The molecule has 3 aromatic rings. The van der Waals surface area contributed by atoms with Gasteiger partial charge in [-0.2, -0.15) is 9.67 Å². The first-order valence-corrected chi connectivity index (χ1v) is 9.49. The number of ether oxygens (including phenoxy) is 1. The van der Waals surface area contributed by atoms with Crippen LogP contribution in [0.5, 0.6) is 6.01 Å². The highest BCUT2D eigenvalue weighted by molar-refractivity contribution is 5.97. The van der Waals surface area contributed by atoms with Gasteiger partial charge < -0.3 is 4.74 Å². The van der Waals surface area contributed by atoms with Crippen molar-refractivity contribution < 1.29 is 9.53 Å². The second-order valence-electron chi connectivity index (χ2n) is 6.38. The zero-order valence-corrected chi connectivity index (χ0v) is 16.1. The number of aryl methyl sites for hydroxylation is 2. The summed E-state index contributed by atoms with van der Waals surface area (Å²) in [5.41, 5.74) is 3.83. The summed E-state index contributed by atoms with van der Waals surface area (Å²) >= 11 is 0. The largest absolute Gasteiger partial charge is 0.462 e. The lowest BCUT2D eigenvalue weighted by Crippen LogP contribution is -2.15. The van der Waals surface area contributed by atoms with E-state index in [9.17, 15) is 4.79 Å². The maximum absolute atomic E-state index is 13.1. The Hall–Kier alpha value is -2.95. The van der Waals surface area contributed by atoms with Crippen molar-refractivity contribution in [3.05, 3.63) is 65.2 Å². The maximum atomic E-state index is 13.1. The lowest BCUT2D eigenvalue weighted by molar-refractivity contribution is 0.0944. The smallest absolute Gasteiger partial charge is 0.336 e. The first-order valence-electron chi connectivity index (χ1n) is 9.49. The molecule has 0 saturated carbocycles. The van der Waals surface area contributed by atoms with Crippen LogP contribution in [0.3, 0.4) is 0 Å². The number of benzene rings is 2. The number of carbonyl (C=O) groups is 1. The third-order valence-electron chi connectivity index (χ3n) is 4.44. The van der Waals surface area contributed by atoms with Gasteiger partial charge in [-0.15, -0.1) is 5.10 Å². The Labute approximate surface area is 160 Å². The van der Waals surface area contributed by atoms with E-state index in [4.69, 9.17) is 4.74 Å². The minimum Gasteiger partial charge on any atom is -0.462 e. The summed E-state index contributed by atoms with van der Waals surface area (Å²) in [5, 5.41) is 4.32. The average Bonchev–Trinajstić information content (AvgIpc) is 3.16. The van der Waals surface area contributed by atoms with Crippen molar-refractivity contribution in [2.24, 2.45) is 0 Å². The number of rotatable bonds is 7. The van der Waals surface area contributed by atoms with Crippen LogP contribution < -0.4 is 4.74 Å². The summed E-state index contributed by atoms with van der Waals surface area (Å²) in [7, 11) is 0. The summed E-state index contributed by atoms with van der Waals surface area (Å²) in [6.07, 6.45) is 2.74. The van der Waals surface area contributed by atoms with Gasteiger partial charge in [-0.1, -0.05) is 57.2 Å². The molecule has 2 aromatic carbocycles. The summed E-state index contributed by atoms with van der Waals surface area (Å²) < 4.78 is 6.91. The molecule has 0 atom stereocenters. The van der Waals surface area contributed by atoms with E-state index < -0.39 is 0 Å². The number of hydrogen-bond donors (Lipinski definition) is 0. The number of aromatic nitrogens is 3. The molecule has 3 rings (SSSR count). The molecule has 0 spiro atoms. The average molecular weight is 363 g/mol. The van der Waals surface area contributed by atoms with Gasteiger partial charge in [-0.25, -0.2) is 0 Å². The number of carbonyl (C=O) groups excluding carboxylic acids is 1. The Morgan fingerprint density at radius 2 is 1.52 bits per heavy atom. The van der Waals surface area contributed by atoms with Gasteiger partial charge in [0.15, 0.2) is 5.82 Å². The van der Waals surface area contributed by atoms with E-state index in [1.807, 2.05) is 55.5 Å². The van der Waals surface area contributed by atoms with Gasteiger partial charge >= 0.3 is 6.01 Å². The maximum Gasteiger partial charge on any atom is 0.336 e. The molecule has 1 heterocycles. The molecule has 0 aliphatic carbocycles. The van der Waals surface area contributed by atoms with E-state index in [0.29, 0.717) is 18.0 Å². The fraction of sp³-hybridized carbons (Fsp3) is 0.318. The second-order valence-corrected chi connectivity index (χ2v) is 6.38. The molecule has 0 aliphatic rings. The van der Waals surface area contributed by atoms with Gasteiger partial charge in [0.1, 0.15) is 0 Å². The quantitative estimate of drug-likeness (QED) is 0.618. The zero-order chi connectivity index (χ0) is 19.2. The van der Waals surface area contributed by atoms with Crippen molar-refractivity contribution in [3.8, 4) is 17.4 Å². The van der Waals surface area contributed by atoms with Crippen LogP contribution in [0.2, 0.25) is 0 Å². The highest BCUT2D eigenvalue weighted by atomic mass is 16.5. The molecule has 0 radical (unpaired) electrons. The van der Waals surface area contributed by atoms with Gasteiger partial charge in [0.25, 0.3) is 5.91 Å². The Kier molecular flexibility index (Phi) is 6.01. The van der Waals surface area contributed by atoms with Crippen LogP contribution in [0.25, 0.3) is 11.4 Å². The fourth-order valence-corrected chi connectivity index (χ4v) is 2.77. The van der Waals surface area contributed by atoms with E-state index in [2.05, 4.69) is 23.9 Å². The molecule has 0 saturated heterocycles. The summed E-state index contributed by atoms with van der Waals surface area (Å²) in [5.74, 6) is 0.277. The SMILES string of the molecule is CCCOc1nc(-c2ccc(CC)cc2)n(C(=O)c2ccc(CC)cc2)n1. The Bertz CT molecular complexity index is 896. The molecule has 0 unspecified atom stereocenters. The van der Waals surface area contributed by atoms with Crippen molar-refractivity contribution in [3.63, 3.8) is 0 Å². The van der Waals surface area contributed by atoms with Crippen LogP contribution >= 0.6 is 0 Å². The van der Waals surface area contributed by atoms with Crippen molar-refractivity contribution in [1.82, 2.24) is 14.8 Å². The molecule has 5 heteroatoms. The first kappa shape index (κ1) is 18.8. The third-order valence-corrected chi connectivity index (χ3v) is 4.44. The predicted molar refractivity (Wildman–Crippen MR) is 106 cm³/mol. The molecule has 0 bridgehead atoms. The van der Waals surface area contributed by atoms with Gasteiger partial charge in [0, 0.05) is 11.1 Å². The highest BCUT2D eigenvalue weighted by Gasteiger charge is 2.20. The Balaban J connectivity index is 2.00. The molecule has 1 aromatic heterocycles. The van der Waals surface area contributed by atoms with Crippen LogP contribution in [-0.4, -0.2) is 27.3 Å².